The average molecular weight is 179 g/mol. The van der Waals surface area contributed by atoms with E-state index in [1.165, 1.54) is 5.56 Å². The minimum Gasteiger partial charge on any atom is -0.389 e. The maximum atomic E-state index is 9.29. The summed E-state index contributed by atoms with van der Waals surface area (Å²) in [5.74, 6) is 0. The molecule has 0 aliphatic heterocycles. The topological polar surface area (TPSA) is 23.5 Å². The number of rotatable bonds is 3. The molecule has 1 aromatic rings. The summed E-state index contributed by atoms with van der Waals surface area (Å²) in [4.78, 5) is 2.12. The molecule has 0 bridgehead atoms. The fourth-order valence-corrected chi connectivity index (χ4v) is 1.27. The Morgan fingerprint density at radius 1 is 1.23 bits per heavy atom. The lowest BCUT2D eigenvalue weighted by molar-refractivity contribution is 0.199. The number of hydrogen-bond donors (Lipinski definition) is 1. The van der Waals surface area contributed by atoms with Crippen molar-refractivity contribution in [2.24, 2.45) is 0 Å². The maximum absolute atomic E-state index is 9.29. The third-order valence-electron chi connectivity index (χ3n) is 1.96. The molecule has 0 aliphatic carbocycles. The van der Waals surface area contributed by atoms with E-state index >= 15 is 0 Å². The van der Waals surface area contributed by atoms with Crippen LogP contribution in [-0.2, 0) is 6.54 Å². The molecule has 0 radical (unpaired) electrons. The third-order valence-corrected chi connectivity index (χ3v) is 1.96. The molecule has 0 amide bonds. The Hall–Kier alpha value is -0.860. The van der Waals surface area contributed by atoms with Crippen molar-refractivity contribution in [2.75, 3.05) is 14.1 Å². The fourth-order valence-electron chi connectivity index (χ4n) is 1.27. The molecule has 13 heavy (non-hydrogen) atoms. The van der Waals surface area contributed by atoms with Crippen LogP contribution >= 0.6 is 0 Å². The lowest BCUT2D eigenvalue weighted by atomic mass is 10.1. The van der Waals surface area contributed by atoms with Gasteiger partial charge in [0.1, 0.15) is 0 Å². The Balaban J connectivity index is 2.70. The predicted molar refractivity (Wildman–Crippen MR) is 54.5 cm³/mol. The number of aliphatic hydroxyl groups excluding tert-OH is 1. The first-order chi connectivity index (χ1) is 6.09. The van der Waals surface area contributed by atoms with Gasteiger partial charge in [-0.1, -0.05) is 24.3 Å². The molecular weight excluding hydrogens is 162 g/mol. The molecule has 0 aromatic heterocycles. The fraction of sp³-hybridized carbons (Fsp3) is 0.455. The van der Waals surface area contributed by atoms with Crippen LogP contribution in [0.1, 0.15) is 24.2 Å². The van der Waals surface area contributed by atoms with Gasteiger partial charge in [0.05, 0.1) is 6.10 Å². The van der Waals surface area contributed by atoms with Gasteiger partial charge < -0.3 is 10.0 Å². The van der Waals surface area contributed by atoms with E-state index in [9.17, 15) is 5.11 Å². The van der Waals surface area contributed by atoms with Crippen LogP contribution in [-0.4, -0.2) is 24.1 Å². The van der Waals surface area contributed by atoms with Crippen molar-refractivity contribution in [2.45, 2.75) is 19.6 Å². The van der Waals surface area contributed by atoms with Crippen molar-refractivity contribution in [3.8, 4) is 0 Å². The van der Waals surface area contributed by atoms with Crippen molar-refractivity contribution in [1.82, 2.24) is 4.90 Å². The van der Waals surface area contributed by atoms with E-state index in [1.54, 1.807) is 6.92 Å². The summed E-state index contributed by atoms with van der Waals surface area (Å²) in [6, 6.07) is 8.07. The highest BCUT2D eigenvalue weighted by atomic mass is 16.3. The highest BCUT2D eigenvalue weighted by Gasteiger charge is 2.00. The van der Waals surface area contributed by atoms with Crippen molar-refractivity contribution in [1.29, 1.82) is 0 Å². The highest BCUT2D eigenvalue weighted by molar-refractivity contribution is 5.23. The summed E-state index contributed by atoms with van der Waals surface area (Å²) in [6.45, 7) is 2.72. The van der Waals surface area contributed by atoms with Gasteiger partial charge in [-0.3, -0.25) is 0 Å². The molecule has 1 N–H and O–H groups in total. The quantitative estimate of drug-likeness (QED) is 0.764. The van der Waals surface area contributed by atoms with Crippen LogP contribution in [0.25, 0.3) is 0 Å². The molecule has 0 spiro atoms. The van der Waals surface area contributed by atoms with Crippen LogP contribution in [0.3, 0.4) is 0 Å². The second-order valence-electron chi connectivity index (χ2n) is 3.66. The minimum atomic E-state index is -0.367. The summed E-state index contributed by atoms with van der Waals surface area (Å²) in [5.41, 5.74) is 2.25. The van der Waals surface area contributed by atoms with Gasteiger partial charge >= 0.3 is 0 Å². The Morgan fingerprint density at radius 2 is 1.77 bits per heavy atom. The van der Waals surface area contributed by atoms with E-state index in [-0.39, 0.29) is 6.10 Å². The number of hydrogen-bond acceptors (Lipinski definition) is 2. The zero-order valence-electron chi connectivity index (χ0n) is 8.49. The van der Waals surface area contributed by atoms with Gasteiger partial charge in [-0.25, -0.2) is 0 Å². The highest BCUT2D eigenvalue weighted by Crippen LogP contribution is 2.13. The van der Waals surface area contributed by atoms with Gasteiger partial charge in [-0.05, 0) is 32.1 Å². The molecule has 1 unspecified atom stereocenters. The first-order valence-electron chi connectivity index (χ1n) is 4.51. The summed E-state index contributed by atoms with van der Waals surface area (Å²) in [7, 11) is 4.09. The minimum absolute atomic E-state index is 0.367. The van der Waals surface area contributed by atoms with Gasteiger partial charge in [0.25, 0.3) is 0 Å². The Kier molecular flexibility index (Phi) is 3.46. The number of aliphatic hydroxyl groups is 1. The van der Waals surface area contributed by atoms with Crippen molar-refractivity contribution in [3.63, 3.8) is 0 Å². The van der Waals surface area contributed by atoms with Crippen molar-refractivity contribution >= 4 is 0 Å². The first kappa shape index (κ1) is 10.2. The van der Waals surface area contributed by atoms with E-state index in [0.717, 1.165) is 12.1 Å². The molecule has 1 atom stereocenters. The summed E-state index contributed by atoms with van der Waals surface area (Å²) < 4.78 is 0. The van der Waals surface area contributed by atoms with E-state index in [4.69, 9.17) is 0 Å². The average Bonchev–Trinajstić information content (AvgIpc) is 2.04. The zero-order chi connectivity index (χ0) is 9.84. The Morgan fingerprint density at radius 3 is 2.15 bits per heavy atom. The Labute approximate surface area is 79.8 Å². The SMILES string of the molecule is CC(O)c1ccc(CN(C)C)cc1. The molecular formula is C11H17NO. The Bertz CT molecular complexity index is 251. The zero-order valence-corrected chi connectivity index (χ0v) is 8.49. The van der Waals surface area contributed by atoms with Crippen LogP contribution in [0.5, 0.6) is 0 Å². The smallest absolute Gasteiger partial charge is 0.0761 e. The molecule has 1 rings (SSSR count). The van der Waals surface area contributed by atoms with Crippen LogP contribution in [0, 0.1) is 0 Å². The summed E-state index contributed by atoms with van der Waals surface area (Å²) >= 11 is 0. The van der Waals surface area contributed by atoms with Gasteiger partial charge in [0, 0.05) is 6.54 Å². The van der Waals surface area contributed by atoms with Crippen LogP contribution in [0.15, 0.2) is 24.3 Å². The van der Waals surface area contributed by atoms with Crippen molar-refractivity contribution < 1.29 is 5.11 Å². The summed E-state index contributed by atoms with van der Waals surface area (Å²) in [6.07, 6.45) is -0.367. The molecule has 72 valence electrons. The monoisotopic (exact) mass is 179 g/mol. The van der Waals surface area contributed by atoms with Gasteiger partial charge in [0.15, 0.2) is 0 Å². The molecule has 0 saturated carbocycles. The molecule has 2 nitrogen and oxygen atoms in total. The van der Waals surface area contributed by atoms with E-state index in [0.29, 0.717) is 0 Å². The predicted octanol–water partition coefficient (Wildman–Crippen LogP) is 1.80. The van der Waals surface area contributed by atoms with Crippen LogP contribution < -0.4 is 0 Å². The molecule has 0 heterocycles. The molecule has 0 saturated heterocycles. The van der Waals surface area contributed by atoms with E-state index in [2.05, 4.69) is 17.0 Å². The molecule has 0 aliphatic rings. The maximum Gasteiger partial charge on any atom is 0.0761 e. The first-order valence-corrected chi connectivity index (χ1v) is 4.51. The van der Waals surface area contributed by atoms with Gasteiger partial charge in [0.2, 0.25) is 0 Å². The lowest BCUT2D eigenvalue weighted by Gasteiger charge is -2.10. The summed E-state index contributed by atoms with van der Waals surface area (Å²) in [5, 5.41) is 9.29. The second kappa shape index (κ2) is 4.40. The van der Waals surface area contributed by atoms with Gasteiger partial charge in [-0.15, -0.1) is 0 Å². The molecule has 2 heteroatoms. The van der Waals surface area contributed by atoms with Crippen LogP contribution in [0.2, 0.25) is 0 Å². The second-order valence-corrected chi connectivity index (χ2v) is 3.66. The van der Waals surface area contributed by atoms with Crippen molar-refractivity contribution in [3.05, 3.63) is 35.4 Å². The van der Waals surface area contributed by atoms with Gasteiger partial charge in [-0.2, -0.15) is 0 Å². The largest absolute Gasteiger partial charge is 0.389 e. The van der Waals surface area contributed by atoms with E-state index in [1.807, 2.05) is 26.2 Å². The number of nitrogens with zero attached hydrogens (tertiary/aromatic N) is 1. The van der Waals surface area contributed by atoms with E-state index < -0.39 is 0 Å². The normalized spacial score (nSPS) is 13.3. The van der Waals surface area contributed by atoms with Crippen LogP contribution in [0.4, 0.5) is 0 Å². The molecule has 1 aromatic carbocycles. The third kappa shape index (κ3) is 3.17. The lowest BCUT2D eigenvalue weighted by Crippen LogP contribution is -2.10. The standard InChI is InChI=1S/C11H17NO/c1-9(13)11-6-4-10(5-7-11)8-12(2)3/h4-7,9,13H,8H2,1-3H3. The molecule has 0 fully saturated rings. The number of benzene rings is 1.